The molecule has 0 heterocycles. The summed E-state index contributed by atoms with van der Waals surface area (Å²) in [6.45, 7) is 0. The van der Waals surface area contributed by atoms with Crippen molar-refractivity contribution in [1.29, 1.82) is 0 Å². The molecule has 0 fully saturated rings. The molecule has 2 N–H and O–H groups in total. The summed E-state index contributed by atoms with van der Waals surface area (Å²) in [5.74, 6) is -2.43. The van der Waals surface area contributed by atoms with E-state index in [1.807, 2.05) is 5.32 Å². The van der Waals surface area contributed by atoms with Gasteiger partial charge in [0.15, 0.2) is 9.84 Å². The Kier molecular flexibility index (Phi) is 5.51. The minimum atomic E-state index is -3.68. The Morgan fingerprint density at radius 1 is 1.30 bits per heavy atom. The van der Waals surface area contributed by atoms with Crippen LogP contribution in [0.1, 0.15) is 5.56 Å². The van der Waals surface area contributed by atoms with E-state index in [-0.39, 0.29) is 5.75 Å². The third kappa shape index (κ3) is 5.27. The molecule has 1 atom stereocenters. The smallest absolute Gasteiger partial charge is 0.407 e. The lowest BCUT2D eigenvalue weighted by molar-refractivity contribution is -0.138. The number of carboxylic acid groups (broad SMARTS) is 1. The van der Waals surface area contributed by atoms with Crippen molar-refractivity contribution < 1.29 is 27.9 Å². The molecule has 0 aliphatic carbocycles. The maximum absolute atomic E-state index is 11.9. The van der Waals surface area contributed by atoms with Gasteiger partial charge in [-0.25, -0.2) is 18.0 Å². The van der Waals surface area contributed by atoms with Gasteiger partial charge >= 0.3 is 12.1 Å². The lowest BCUT2D eigenvalue weighted by Gasteiger charge is -2.13. The molecule has 0 saturated heterocycles. The molecule has 1 aromatic rings. The summed E-state index contributed by atoms with van der Waals surface area (Å²) in [6, 6.07) is 6.83. The first kappa shape index (κ1) is 16.0. The minimum absolute atomic E-state index is 0.291. The van der Waals surface area contributed by atoms with E-state index in [0.29, 0.717) is 5.56 Å². The van der Waals surface area contributed by atoms with Crippen molar-refractivity contribution in [3.05, 3.63) is 35.9 Å². The molecule has 0 aromatic heterocycles. The predicted molar refractivity (Wildman–Crippen MR) is 70.9 cm³/mol. The van der Waals surface area contributed by atoms with Crippen LogP contribution < -0.4 is 5.32 Å². The molecule has 0 bridgehead atoms. The van der Waals surface area contributed by atoms with Gasteiger partial charge in [-0.3, -0.25) is 0 Å². The molecule has 0 aliphatic rings. The Bertz CT molecular complexity index is 569. The molecule has 8 heteroatoms. The van der Waals surface area contributed by atoms with Crippen molar-refractivity contribution in [3.8, 4) is 0 Å². The predicted octanol–water partition coefficient (Wildman–Crippen LogP) is 0.411. The van der Waals surface area contributed by atoms with E-state index < -0.39 is 33.7 Å². The molecule has 0 aliphatic heterocycles. The topological polar surface area (TPSA) is 110 Å². The number of carbonyl (C=O) groups excluding carboxylic acids is 1. The highest BCUT2D eigenvalue weighted by atomic mass is 32.2. The van der Waals surface area contributed by atoms with E-state index in [9.17, 15) is 18.0 Å². The fourth-order valence-corrected chi connectivity index (χ4v) is 3.07. The normalized spacial score (nSPS) is 12.4. The number of carbonyl (C=O) groups is 2. The van der Waals surface area contributed by atoms with Crippen LogP contribution in [-0.4, -0.2) is 44.5 Å². The summed E-state index contributed by atoms with van der Waals surface area (Å²) >= 11 is 0. The molecule has 0 saturated carbocycles. The van der Waals surface area contributed by atoms with E-state index in [0.717, 1.165) is 7.11 Å². The summed E-state index contributed by atoms with van der Waals surface area (Å²) in [5.41, 5.74) is 0.551. The number of hydrogen-bond acceptors (Lipinski definition) is 5. The molecule has 20 heavy (non-hydrogen) atoms. The number of methoxy groups -OCH3 is 1. The van der Waals surface area contributed by atoms with E-state index in [4.69, 9.17) is 5.11 Å². The summed E-state index contributed by atoms with van der Waals surface area (Å²) in [7, 11) is -2.62. The quantitative estimate of drug-likeness (QED) is 0.787. The highest BCUT2D eigenvalue weighted by Gasteiger charge is 2.27. The highest BCUT2D eigenvalue weighted by Crippen LogP contribution is 2.07. The van der Waals surface area contributed by atoms with Gasteiger partial charge in [-0.05, 0) is 5.56 Å². The van der Waals surface area contributed by atoms with Gasteiger partial charge in [-0.2, -0.15) is 0 Å². The van der Waals surface area contributed by atoms with E-state index in [2.05, 4.69) is 4.74 Å². The van der Waals surface area contributed by atoms with Gasteiger partial charge in [0, 0.05) is 0 Å². The minimum Gasteiger partial charge on any atom is -0.480 e. The lowest BCUT2D eigenvalue weighted by Crippen LogP contribution is -2.45. The van der Waals surface area contributed by atoms with Crippen LogP contribution in [0.3, 0.4) is 0 Å². The molecular weight excluding hydrogens is 286 g/mol. The molecular formula is C12H15NO6S. The van der Waals surface area contributed by atoms with E-state index >= 15 is 0 Å². The maximum atomic E-state index is 11.9. The van der Waals surface area contributed by atoms with Crippen molar-refractivity contribution in [2.75, 3.05) is 12.9 Å². The number of nitrogens with one attached hydrogen (secondary N) is 1. The number of hydrogen-bond donors (Lipinski definition) is 2. The first-order valence-electron chi connectivity index (χ1n) is 5.65. The number of carboxylic acids is 1. The summed E-state index contributed by atoms with van der Waals surface area (Å²) in [4.78, 5) is 21.9. The Hall–Kier alpha value is -2.09. The van der Waals surface area contributed by atoms with Crippen LogP contribution in [-0.2, 0) is 25.1 Å². The van der Waals surface area contributed by atoms with Crippen LogP contribution in [0.15, 0.2) is 30.3 Å². The van der Waals surface area contributed by atoms with Crippen LogP contribution in [0.25, 0.3) is 0 Å². The highest BCUT2D eigenvalue weighted by molar-refractivity contribution is 7.90. The monoisotopic (exact) mass is 301 g/mol. The second kappa shape index (κ2) is 6.90. The van der Waals surface area contributed by atoms with Crippen LogP contribution in [0.4, 0.5) is 4.79 Å². The summed E-state index contributed by atoms with van der Waals surface area (Å²) in [5, 5.41) is 10.9. The zero-order chi connectivity index (χ0) is 15.2. The zero-order valence-corrected chi connectivity index (χ0v) is 11.6. The Morgan fingerprint density at radius 2 is 1.90 bits per heavy atom. The average molecular weight is 301 g/mol. The van der Waals surface area contributed by atoms with Crippen molar-refractivity contribution >= 4 is 21.9 Å². The van der Waals surface area contributed by atoms with Gasteiger partial charge < -0.3 is 15.2 Å². The third-order valence-electron chi connectivity index (χ3n) is 2.43. The second-order valence-corrected chi connectivity index (χ2v) is 6.18. The largest absolute Gasteiger partial charge is 0.480 e. The Labute approximate surface area is 116 Å². The van der Waals surface area contributed by atoms with Crippen molar-refractivity contribution in [1.82, 2.24) is 5.32 Å². The molecule has 0 radical (unpaired) electrons. The Balaban J connectivity index is 2.76. The van der Waals surface area contributed by atoms with Crippen LogP contribution in [0.2, 0.25) is 0 Å². The third-order valence-corrected chi connectivity index (χ3v) is 4.04. The number of alkyl carbamates (subject to hydrolysis) is 1. The van der Waals surface area contributed by atoms with Crippen LogP contribution >= 0.6 is 0 Å². The van der Waals surface area contributed by atoms with E-state index in [1.165, 1.54) is 0 Å². The van der Waals surface area contributed by atoms with Crippen LogP contribution in [0, 0.1) is 0 Å². The van der Waals surface area contributed by atoms with Crippen molar-refractivity contribution in [2.45, 2.75) is 11.8 Å². The first-order chi connectivity index (χ1) is 9.34. The fourth-order valence-electron chi connectivity index (χ4n) is 1.52. The van der Waals surface area contributed by atoms with Gasteiger partial charge in [0.2, 0.25) is 0 Å². The average Bonchev–Trinajstić information content (AvgIpc) is 2.38. The van der Waals surface area contributed by atoms with E-state index in [1.54, 1.807) is 30.3 Å². The zero-order valence-electron chi connectivity index (χ0n) is 10.8. The molecule has 1 amide bonds. The van der Waals surface area contributed by atoms with Crippen molar-refractivity contribution in [2.24, 2.45) is 0 Å². The molecule has 1 rings (SSSR count). The van der Waals surface area contributed by atoms with Crippen molar-refractivity contribution in [3.63, 3.8) is 0 Å². The number of aliphatic carboxylic acids is 1. The lowest BCUT2D eigenvalue weighted by atomic mass is 10.2. The molecule has 0 spiro atoms. The van der Waals surface area contributed by atoms with Gasteiger partial charge in [0.05, 0.1) is 18.6 Å². The summed E-state index contributed by atoms with van der Waals surface area (Å²) in [6.07, 6.45) is -0.993. The van der Waals surface area contributed by atoms with Gasteiger partial charge in [-0.1, -0.05) is 30.3 Å². The molecule has 1 aromatic carbocycles. The SMILES string of the molecule is COC(=O)NC(CS(=O)(=O)Cc1ccccc1)C(=O)O. The Morgan fingerprint density at radius 3 is 2.40 bits per heavy atom. The summed E-state index contributed by atoms with van der Waals surface area (Å²) < 4.78 is 28.1. The number of benzene rings is 1. The molecule has 110 valence electrons. The van der Waals surface area contributed by atoms with Crippen LogP contribution in [0.5, 0.6) is 0 Å². The number of rotatable bonds is 6. The van der Waals surface area contributed by atoms with Gasteiger partial charge in [0.1, 0.15) is 6.04 Å². The first-order valence-corrected chi connectivity index (χ1v) is 7.48. The molecule has 1 unspecified atom stereocenters. The number of sulfone groups is 1. The molecule has 7 nitrogen and oxygen atoms in total. The fraction of sp³-hybridized carbons (Fsp3) is 0.333. The number of ether oxygens (including phenoxy) is 1. The van der Waals surface area contributed by atoms with Gasteiger partial charge in [-0.15, -0.1) is 0 Å². The number of amides is 1. The maximum Gasteiger partial charge on any atom is 0.407 e. The standard InChI is InChI=1S/C12H15NO6S/c1-19-12(16)13-10(11(14)15)8-20(17,18)7-9-5-3-2-4-6-9/h2-6,10H,7-8H2,1H3,(H,13,16)(H,14,15). The van der Waals surface area contributed by atoms with Gasteiger partial charge in [0.25, 0.3) is 0 Å². The second-order valence-electron chi connectivity index (χ2n) is 4.07.